The molecule has 0 spiro atoms. The van der Waals surface area contributed by atoms with Crippen LogP contribution in [-0.4, -0.2) is 25.0 Å². The molecule has 1 aromatic heterocycles. The van der Waals surface area contributed by atoms with E-state index in [2.05, 4.69) is 17.6 Å². The summed E-state index contributed by atoms with van der Waals surface area (Å²) < 4.78 is 0. The van der Waals surface area contributed by atoms with Crippen molar-refractivity contribution in [2.75, 3.05) is 13.1 Å². The van der Waals surface area contributed by atoms with E-state index in [4.69, 9.17) is 0 Å². The second-order valence-electron chi connectivity index (χ2n) is 4.13. The summed E-state index contributed by atoms with van der Waals surface area (Å²) in [4.78, 5) is 12.8. The Morgan fingerprint density at radius 2 is 2.56 bits per heavy atom. The maximum Gasteiger partial charge on any atom is 0.261 e. The Morgan fingerprint density at radius 1 is 1.69 bits per heavy atom. The molecule has 1 aliphatic rings. The van der Waals surface area contributed by atoms with E-state index >= 15 is 0 Å². The third kappa shape index (κ3) is 2.62. The van der Waals surface area contributed by atoms with Crippen molar-refractivity contribution < 1.29 is 4.79 Å². The Bertz CT molecular complexity index is 356. The number of hydrogen-bond acceptors (Lipinski definition) is 3. The number of thiophene rings is 1. The van der Waals surface area contributed by atoms with E-state index in [1.165, 1.54) is 24.2 Å². The largest absolute Gasteiger partial charge is 0.350 e. The summed E-state index contributed by atoms with van der Waals surface area (Å²) in [6.07, 6.45) is 3.32. The lowest BCUT2D eigenvalue weighted by Gasteiger charge is -2.11. The molecule has 16 heavy (non-hydrogen) atoms. The van der Waals surface area contributed by atoms with E-state index < -0.39 is 0 Å². The monoisotopic (exact) mass is 238 g/mol. The zero-order valence-electron chi connectivity index (χ0n) is 9.58. The molecule has 1 fully saturated rings. The molecule has 0 aliphatic carbocycles. The van der Waals surface area contributed by atoms with Gasteiger partial charge in [-0.3, -0.25) is 4.79 Å². The molecule has 0 bridgehead atoms. The second kappa shape index (κ2) is 5.46. The van der Waals surface area contributed by atoms with Crippen LogP contribution in [0.25, 0.3) is 0 Å². The smallest absolute Gasteiger partial charge is 0.261 e. The highest BCUT2D eigenvalue weighted by Crippen LogP contribution is 2.17. The number of rotatable bonds is 4. The van der Waals surface area contributed by atoms with Gasteiger partial charge in [0.2, 0.25) is 0 Å². The van der Waals surface area contributed by atoms with Crippen molar-refractivity contribution in [2.24, 2.45) is 0 Å². The van der Waals surface area contributed by atoms with Gasteiger partial charge in [-0.15, -0.1) is 11.3 Å². The SMILES string of the molecule is CCc1ccsc1C(=O)NCC1CCCN1. The number of carbonyl (C=O) groups excluding carboxylic acids is 1. The van der Waals surface area contributed by atoms with Gasteiger partial charge in [-0.1, -0.05) is 6.92 Å². The summed E-state index contributed by atoms with van der Waals surface area (Å²) in [6.45, 7) is 3.91. The van der Waals surface area contributed by atoms with E-state index in [1.54, 1.807) is 0 Å². The number of aryl methyl sites for hydroxylation is 1. The average Bonchev–Trinajstić information content (AvgIpc) is 2.96. The summed E-state index contributed by atoms with van der Waals surface area (Å²) in [5.74, 6) is 0.0838. The maximum atomic E-state index is 11.9. The molecule has 2 N–H and O–H groups in total. The highest BCUT2D eigenvalue weighted by Gasteiger charge is 2.16. The number of nitrogens with one attached hydrogen (secondary N) is 2. The van der Waals surface area contributed by atoms with Crippen LogP contribution in [0.15, 0.2) is 11.4 Å². The van der Waals surface area contributed by atoms with Crippen molar-refractivity contribution in [1.82, 2.24) is 10.6 Å². The van der Waals surface area contributed by atoms with Crippen molar-refractivity contribution >= 4 is 17.2 Å². The van der Waals surface area contributed by atoms with E-state index in [-0.39, 0.29) is 5.91 Å². The molecule has 1 saturated heterocycles. The van der Waals surface area contributed by atoms with Gasteiger partial charge in [0.1, 0.15) is 0 Å². The van der Waals surface area contributed by atoms with E-state index in [0.29, 0.717) is 6.04 Å². The molecule has 0 radical (unpaired) electrons. The fourth-order valence-electron chi connectivity index (χ4n) is 2.04. The first-order valence-electron chi connectivity index (χ1n) is 5.89. The molecule has 1 aliphatic heterocycles. The maximum absolute atomic E-state index is 11.9. The molecule has 4 heteroatoms. The number of hydrogen-bond donors (Lipinski definition) is 2. The van der Waals surface area contributed by atoms with Gasteiger partial charge in [-0.2, -0.15) is 0 Å². The molecule has 2 rings (SSSR count). The molecule has 0 saturated carbocycles. The summed E-state index contributed by atoms with van der Waals surface area (Å²) >= 11 is 1.53. The van der Waals surface area contributed by atoms with Gasteiger partial charge in [-0.05, 0) is 42.8 Å². The minimum Gasteiger partial charge on any atom is -0.350 e. The standard InChI is InChI=1S/C12H18N2OS/c1-2-9-5-7-16-11(9)12(15)14-8-10-4-3-6-13-10/h5,7,10,13H,2-4,6,8H2,1H3,(H,14,15). The molecule has 1 aromatic rings. The third-order valence-electron chi connectivity index (χ3n) is 3.01. The first-order chi connectivity index (χ1) is 7.81. The zero-order chi connectivity index (χ0) is 11.4. The first-order valence-corrected chi connectivity index (χ1v) is 6.77. The quantitative estimate of drug-likeness (QED) is 0.839. The van der Waals surface area contributed by atoms with Gasteiger partial charge in [0.05, 0.1) is 4.88 Å². The number of amides is 1. The van der Waals surface area contributed by atoms with Crippen LogP contribution in [0, 0.1) is 0 Å². The summed E-state index contributed by atoms with van der Waals surface area (Å²) in [6, 6.07) is 2.50. The van der Waals surface area contributed by atoms with Crippen LogP contribution in [0.3, 0.4) is 0 Å². The Hall–Kier alpha value is -0.870. The molecular formula is C12H18N2OS. The van der Waals surface area contributed by atoms with Gasteiger partial charge < -0.3 is 10.6 Å². The van der Waals surface area contributed by atoms with E-state index in [9.17, 15) is 4.79 Å². The van der Waals surface area contributed by atoms with Gasteiger partial charge in [-0.25, -0.2) is 0 Å². The normalized spacial score (nSPS) is 19.9. The lowest BCUT2D eigenvalue weighted by molar-refractivity contribution is 0.0953. The van der Waals surface area contributed by atoms with Crippen LogP contribution < -0.4 is 10.6 Å². The number of carbonyl (C=O) groups is 1. The van der Waals surface area contributed by atoms with Crippen molar-refractivity contribution in [3.63, 3.8) is 0 Å². The van der Waals surface area contributed by atoms with Crippen molar-refractivity contribution in [3.05, 3.63) is 21.9 Å². The van der Waals surface area contributed by atoms with Crippen LogP contribution in [0.2, 0.25) is 0 Å². The van der Waals surface area contributed by atoms with Crippen LogP contribution in [-0.2, 0) is 6.42 Å². The third-order valence-corrected chi connectivity index (χ3v) is 3.96. The molecule has 0 aromatic carbocycles. The lowest BCUT2D eigenvalue weighted by atomic mass is 10.2. The predicted octanol–water partition coefficient (Wildman–Crippen LogP) is 1.79. The second-order valence-corrected chi connectivity index (χ2v) is 5.05. The first kappa shape index (κ1) is 11.6. The molecule has 88 valence electrons. The van der Waals surface area contributed by atoms with Crippen LogP contribution in [0.5, 0.6) is 0 Å². The Morgan fingerprint density at radius 3 is 3.25 bits per heavy atom. The van der Waals surface area contributed by atoms with Gasteiger partial charge in [0.15, 0.2) is 0 Å². The highest BCUT2D eigenvalue weighted by atomic mass is 32.1. The van der Waals surface area contributed by atoms with Crippen LogP contribution in [0.4, 0.5) is 0 Å². The van der Waals surface area contributed by atoms with Crippen LogP contribution in [0.1, 0.15) is 35.0 Å². The lowest BCUT2D eigenvalue weighted by Crippen LogP contribution is -2.37. The summed E-state index contributed by atoms with van der Waals surface area (Å²) in [7, 11) is 0. The van der Waals surface area contributed by atoms with Gasteiger partial charge in [0, 0.05) is 12.6 Å². The summed E-state index contributed by atoms with van der Waals surface area (Å²) in [5, 5.41) is 8.37. The van der Waals surface area contributed by atoms with E-state index in [1.807, 2.05) is 11.4 Å². The highest BCUT2D eigenvalue weighted by molar-refractivity contribution is 7.12. The van der Waals surface area contributed by atoms with E-state index in [0.717, 1.165) is 30.0 Å². The Balaban J connectivity index is 1.87. The molecule has 3 nitrogen and oxygen atoms in total. The minimum absolute atomic E-state index is 0.0838. The Labute approximate surface area is 100 Å². The van der Waals surface area contributed by atoms with Crippen molar-refractivity contribution in [3.8, 4) is 0 Å². The van der Waals surface area contributed by atoms with Crippen molar-refractivity contribution in [2.45, 2.75) is 32.2 Å². The minimum atomic E-state index is 0.0838. The molecular weight excluding hydrogens is 220 g/mol. The van der Waals surface area contributed by atoms with Gasteiger partial charge in [0.25, 0.3) is 5.91 Å². The molecule has 2 heterocycles. The molecule has 1 amide bonds. The Kier molecular flexibility index (Phi) is 3.96. The van der Waals surface area contributed by atoms with Crippen LogP contribution >= 0.6 is 11.3 Å². The average molecular weight is 238 g/mol. The predicted molar refractivity (Wildman–Crippen MR) is 67.1 cm³/mol. The topological polar surface area (TPSA) is 41.1 Å². The van der Waals surface area contributed by atoms with Gasteiger partial charge >= 0.3 is 0 Å². The fourth-order valence-corrected chi connectivity index (χ4v) is 2.95. The van der Waals surface area contributed by atoms with Crippen molar-refractivity contribution in [1.29, 1.82) is 0 Å². The molecule has 1 atom stereocenters. The molecule has 1 unspecified atom stereocenters. The zero-order valence-corrected chi connectivity index (χ0v) is 10.4. The fraction of sp³-hybridized carbons (Fsp3) is 0.583. The summed E-state index contributed by atoms with van der Waals surface area (Å²) in [5.41, 5.74) is 1.15.